The molecule has 5 nitrogen and oxygen atoms in total. The molecule has 0 radical (unpaired) electrons. The predicted molar refractivity (Wildman–Crippen MR) is 68.8 cm³/mol. The average Bonchev–Trinajstić information content (AvgIpc) is 2.71. The number of hydrogen-bond acceptors (Lipinski definition) is 4. The van der Waals surface area contributed by atoms with Crippen LogP contribution in [0.4, 0.5) is 10.2 Å². The van der Waals surface area contributed by atoms with E-state index in [9.17, 15) is 4.39 Å². The molecule has 2 heterocycles. The number of nitrogens with one attached hydrogen (secondary N) is 2. The van der Waals surface area contributed by atoms with Crippen LogP contribution >= 0.6 is 0 Å². The van der Waals surface area contributed by atoms with E-state index < -0.39 is 6.08 Å². The predicted octanol–water partition coefficient (Wildman–Crippen LogP) is 2.73. The summed E-state index contributed by atoms with van der Waals surface area (Å²) in [6.07, 6.45) is 1.65. The topological polar surface area (TPSA) is 66.5 Å². The molecular weight excluding hydrogens is 233 g/mol. The summed E-state index contributed by atoms with van der Waals surface area (Å²) in [6.45, 7) is 8.48. The smallest absolute Gasteiger partial charge is 0.312 e. The monoisotopic (exact) mass is 251 g/mol. The van der Waals surface area contributed by atoms with Gasteiger partial charge in [-0.3, -0.25) is 0 Å². The van der Waals surface area contributed by atoms with E-state index in [1.54, 1.807) is 0 Å². The van der Waals surface area contributed by atoms with Gasteiger partial charge in [0.05, 0.1) is 6.33 Å². The van der Waals surface area contributed by atoms with Crippen molar-refractivity contribution in [3.63, 3.8) is 0 Å². The van der Waals surface area contributed by atoms with Crippen molar-refractivity contribution < 1.29 is 4.39 Å². The number of nitrogens with zero attached hydrogens (tertiary/aromatic N) is 3. The molecule has 98 valence electrons. The minimum Gasteiger partial charge on any atom is -0.365 e. The summed E-state index contributed by atoms with van der Waals surface area (Å²) in [7, 11) is 0. The Morgan fingerprint density at radius 1 is 1.39 bits per heavy atom. The lowest BCUT2D eigenvalue weighted by Crippen LogP contribution is -2.33. The lowest BCUT2D eigenvalue weighted by Gasteiger charge is -2.31. The molecule has 0 aliphatic heterocycles. The Morgan fingerprint density at radius 3 is 2.72 bits per heavy atom. The maximum Gasteiger partial charge on any atom is 0.312 e. The molecule has 0 unspecified atom stereocenters. The second-order valence-corrected chi connectivity index (χ2v) is 5.41. The van der Waals surface area contributed by atoms with Crippen LogP contribution in [0, 0.1) is 11.5 Å². The van der Waals surface area contributed by atoms with Gasteiger partial charge in [-0.2, -0.15) is 14.4 Å². The summed E-state index contributed by atoms with van der Waals surface area (Å²) in [5, 5.41) is 3.26. The molecule has 18 heavy (non-hydrogen) atoms. The van der Waals surface area contributed by atoms with Gasteiger partial charge in [0, 0.05) is 6.04 Å². The Kier molecular flexibility index (Phi) is 3.19. The molecule has 0 saturated heterocycles. The Bertz CT molecular complexity index is 543. The number of aromatic nitrogens is 4. The molecule has 2 aromatic heterocycles. The molecule has 0 aromatic carbocycles. The molecular formula is C12H18FN5. The third-order valence-corrected chi connectivity index (χ3v) is 3.02. The van der Waals surface area contributed by atoms with E-state index in [-0.39, 0.29) is 11.5 Å². The lowest BCUT2D eigenvalue weighted by atomic mass is 9.85. The molecule has 0 spiro atoms. The molecule has 2 N–H and O–H groups in total. The second-order valence-electron chi connectivity index (χ2n) is 5.41. The van der Waals surface area contributed by atoms with E-state index in [1.165, 1.54) is 6.33 Å². The van der Waals surface area contributed by atoms with E-state index in [4.69, 9.17) is 0 Å². The molecule has 0 aliphatic carbocycles. The molecule has 2 rings (SSSR count). The summed E-state index contributed by atoms with van der Waals surface area (Å²) in [5.74, 6) is 0.445. The SMILES string of the molecule is CC[C@@H](Nc1nc(F)nc2[nH]cnc12)C(C)(C)C. The van der Waals surface area contributed by atoms with Crippen molar-refractivity contribution in [2.24, 2.45) is 5.41 Å². The number of rotatable bonds is 3. The van der Waals surface area contributed by atoms with Gasteiger partial charge in [-0.05, 0) is 11.8 Å². The van der Waals surface area contributed by atoms with Crippen LogP contribution in [0.25, 0.3) is 11.2 Å². The summed E-state index contributed by atoms with van der Waals surface area (Å²) in [5.41, 5.74) is 1.03. The van der Waals surface area contributed by atoms with Crippen LogP contribution in [0.5, 0.6) is 0 Å². The van der Waals surface area contributed by atoms with Gasteiger partial charge in [-0.25, -0.2) is 4.98 Å². The summed E-state index contributed by atoms with van der Waals surface area (Å²) >= 11 is 0. The standard InChI is InChI=1S/C12H18FN5/c1-5-7(12(2,3)4)16-10-8-9(15-6-14-8)17-11(13)18-10/h6-7H,5H2,1-4H3,(H2,14,15,16,17,18)/t7-/m1/s1. The normalized spacial score (nSPS) is 13.8. The fourth-order valence-electron chi connectivity index (χ4n) is 2.01. The minimum atomic E-state index is -0.752. The molecule has 0 aliphatic rings. The van der Waals surface area contributed by atoms with E-state index in [0.29, 0.717) is 17.0 Å². The maximum atomic E-state index is 13.3. The Hall–Kier alpha value is -1.72. The van der Waals surface area contributed by atoms with Crippen LogP contribution in [0.2, 0.25) is 0 Å². The van der Waals surface area contributed by atoms with Crippen LogP contribution in [0.15, 0.2) is 6.33 Å². The highest BCUT2D eigenvalue weighted by atomic mass is 19.1. The van der Waals surface area contributed by atoms with Crippen molar-refractivity contribution in [2.75, 3.05) is 5.32 Å². The van der Waals surface area contributed by atoms with E-state index in [1.807, 2.05) is 0 Å². The van der Waals surface area contributed by atoms with Crippen LogP contribution < -0.4 is 5.32 Å². The molecule has 2 aromatic rings. The summed E-state index contributed by atoms with van der Waals surface area (Å²) in [4.78, 5) is 14.4. The van der Waals surface area contributed by atoms with Gasteiger partial charge in [0.2, 0.25) is 0 Å². The van der Waals surface area contributed by atoms with Crippen molar-refractivity contribution in [1.29, 1.82) is 0 Å². The van der Waals surface area contributed by atoms with Crippen molar-refractivity contribution in [3.05, 3.63) is 12.4 Å². The quantitative estimate of drug-likeness (QED) is 0.823. The third-order valence-electron chi connectivity index (χ3n) is 3.02. The van der Waals surface area contributed by atoms with Crippen molar-refractivity contribution in [3.8, 4) is 0 Å². The molecule has 0 amide bonds. The first kappa shape index (κ1) is 12.7. The fourth-order valence-corrected chi connectivity index (χ4v) is 2.01. The Morgan fingerprint density at radius 2 is 2.11 bits per heavy atom. The van der Waals surface area contributed by atoms with Gasteiger partial charge in [0.25, 0.3) is 0 Å². The largest absolute Gasteiger partial charge is 0.365 e. The van der Waals surface area contributed by atoms with Gasteiger partial charge in [-0.1, -0.05) is 27.7 Å². The highest BCUT2D eigenvalue weighted by Gasteiger charge is 2.24. The van der Waals surface area contributed by atoms with Crippen molar-refractivity contribution >= 4 is 17.0 Å². The zero-order valence-corrected chi connectivity index (χ0v) is 11.1. The first-order chi connectivity index (χ1) is 8.41. The van der Waals surface area contributed by atoms with Gasteiger partial charge < -0.3 is 10.3 Å². The number of hydrogen-bond donors (Lipinski definition) is 2. The molecule has 0 saturated carbocycles. The number of H-pyrrole nitrogens is 1. The number of imidazole rings is 1. The van der Waals surface area contributed by atoms with Gasteiger partial charge in [0.1, 0.15) is 5.52 Å². The number of halogens is 1. The second kappa shape index (κ2) is 4.51. The molecule has 1 atom stereocenters. The van der Waals surface area contributed by atoms with Crippen LogP contribution in [0.3, 0.4) is 0 Å². The van der Waals surface area contributed by atoms with Crippen molar-refractivity contribution in [2.45, 2.75) is 40.2 Å². The number of fused-ring (bicyclic) bond motifs is 1. The molecule has 6 heteroatoms. The van der Waals surface area contributed by atoms with E-state index in [2.05, 4.69) is 52.9 Å². The summed E-state index contributed by atoms with van der Waals surface area (Å²) in [6, 6.07) is 0.187. The van der Waals surface area contributed by atoms with Gasteiger partial charge >= 0.3 is 6.08 Å². The van der Waals surface area contributed by atoms with E-state index >= 15 is 0 Å². The molecule has 0 fully saturated rings. The molecule has 0 bridgehead atoms. The average molecular weight is 251 g/mol. The minimum absolute atomic E-state index is 0.0544. The highest BCUT2D eigenvalue weighted by molar-refractivity contribution is 5.82. The van der Waals surface area contributed by atoms with Crippen LogP contribution in [-0.2, 0) is 0 Å². The zero-order chi connectivity index (χ0) is 13.3. The van der Waals surface area contributed by atoms with Gasteiger partial charge in [0.15, 0.2) is 11.5 Å². The first-order valence-electron chi connectivity index (χ1n) is 6.05. The Balaban J connectivity index is 2.39. The first-order valence-corrected chi connectivity index (χ1v) is 6.05. The van der Waals surface area contributed by atoms with E-state index in [0.717, 1.165) is 6.42 Å². The fraction of sp³-hybridized carbons (Fsp3) is 0.583. The summed E-state index contributed by atoms with van der Waals surface area (Å²) < 4.78 is 13.3. The highest BCUT2D eigenvalue weighted by Crippen LogP contribution is 2.26. The lowest BCUT2D eigenvalue weighted by molar-refractivity contribution is 0.332. The van der Waals surface area contributed by atoms with Crippen LogP contribution in [0.1, 0.15) is 34.1 Å². The van der Waals surface area contributed by atoms with Gasteiger partial charge in [-0.15, -0.1) is 0 Å². The number of anilines is 1. The maximum absolute atomic E-state index is 13.3. The number of aromatic amines is 1. The zero-order valence-electron chi connectivity index (χ0n) is 11.1. The third kappa shape index (κ3) is 2.42. The van der Waals surface area contributed by atoms with Crippen LogP contribution in [-0.4, -0.2) is 26.0 Å². The Labute approximate surface area is 105 Å². The van der Waals surface area contributed by atoms with Crippen molar-refractivity contribution in [1.82, 2.24) is 19.9 Å².